The maximum absolute atomic E-state index is 11.9. The summed E-state index contributed by atoms with van der Waals surface area (Å²) in [5, 5.41) is 5.83. The van der Waals surface area contributed by atoms with E-state index >= 15 is 0 Å². The second-order valence-electron chi connectivity index (χ2n) is 5.51. The third-order valence-corrected chi connectivity index (χ3v) is 3.73. The van der Waals surface area contributed by atoms with Gasteiger partial charge in [-0.1, -0.05) is 32.9 Å². The fourth-order valence-electron chi connectivity index (χ4n) is 1.73. The Kier molecular flexibility index (Phi) is 6.92. The van der Waals surface area contributed by atoms with Crippen molar-refractivity contribution in [3.8, 4) is 0 Å². The topological polar surface area (TPSA) is 58.2 Å². The number of nitrogens with one attached hydrogen (secondary N) is 2. The van der Waals surface area contributed by atoms with E-state index in [-0.39, 0.29) is 23.8 Å². The first-order valence-electron chi connectivity index (χ1n) is 7.65. The lowest BCUT2D eigenvalue weighted by molar-refractivity contribution is -0.124. The predicted octanol–water partition coefficient (Wildman–Crippen LogP) is 2.88. The third kappa shape index (κ3) is 5.58. The van der Waals surface area contributed by atoms with E-state index in [2.05, 4.69) is 10.6 Å². The van der Waals surface area contributed by atoms with E-state index in [1.54, 1.807) is 12.1 Å². The Morgan fingerprint density at radius 3 is 2.19 bits per heavy atom. The van der Waals surface area contributed by atoms with Gasteiger partial charge in [0.25, 0.3) is 5.91 Å². The van der Waals surface area contributed by atoms with E-state index in [0.29, 0.717) is 12.1 Å². The van der Waals surface area contributed by atoms with Crippen molar-refractivity contribution >= 4 is 11.8 Å². The standard InChI is InChI=1S/C17H26N2O2/c1-5-12(3)16(20)18-11-14-7-9-15(10-8-14)17(21)19-13(4)6-2/h7-10,12-13H,5-6,11H2,1-4H3,(H,18,20)(H,19,21)/t12-,13+/m0/s1. The predicted molar refractivity (Wildman–Crippen MR) is 85.0 cm³/mol. The van der Waals surface area contributed by atoms with Crippen LogP contribution in [-0.4, -0.2) is 17.9 Å². The normalized spacial score (nSPS) is 13.3. The second kappa shape index (κ2) is 8.45. The minimum Gasteiger partial charge on any atom is -0.352 e. The average Bonchev–Trinajstić information content (AvgIpc) is 2.51. The Labute approximate surface area is 127 Å². The Balaban J connectivity index is 2.54. The summed E-state index contributed by atoms with van der Waals surface area (Å²) in [7, 11) is 0. The molecule has 2 N–H and O–H groups in total. The molecule has 0 unspecified atom stereocenters. The molecule has 0 aliphatic rings. The first-order valence-corrected chi connectivity index (χ1v) is 7.65. The van der Waals surface area contributed by atoms with E-state index in [0.717, 1.165) is 18.4 Å². The number of hydrogen-bond acceptors (Lipinski definition) is 2. The van der Waals surface area contributed by atoms with Gasteiger partial charge in [0.1, 0.15) is 0 Å². The quantitative estimate of drug-likeness (QED) is 0.811. The maximum Gasteiger partial charge on any atom is 0.251 e. The SMILES string of the molecule is CC[C@@H](C)NC(=O)c1ccc(CNC(=O)[C@@H](C)CC)cc1. The van der Waals surface area contributed by atoms with Gasteiger partial charge in [-0.2, -0.15) is 0 Å². The second-order valence-corrected chi connectivity index (χ2v) is 5.51. The molecule has 0 spiro atoms. The molecule has 0 bridgehead atoms. The molecule has 0 saturated heterocycles. The van der Waals surface area contributed by atoms with Gasteiger partial charge in [-0.05, 0) is 37.5 Å². The summed E-state index contributed by atoms with van der Waals surface area (Å²) in [5.41, 5.74) is 1.64. The van der Waals surface area contributed by atoms with Gasteiger partial charge in [0, 0.05) is 24.1 Å². The fourth-order valence-corrected chi connectivity index (χ4v) is 1.73. The average molecular weight is 290 g/mol. The summed E-state index contributed by atoms with van der Waals surface area (Å²) < 4.78 is 0. The highest BCUT2D eigenvalue weighted by molar-refractivity contribution is 5.94. The van der Waals surface area contributed by atoms with Crippen molar-refractivity contribution < 1.29 is 9.59 Å². The fraction of sp³-hybridized carbons (Fsp3) is 0.529. The van der Waals surface area contributed by atoms with Crippen LogP contribution in [0.15, 0.2) is 24.3 Å². The van der Waals surface area contributed by atoms with Crippen molar-refractivity contribution in [2.24, 2.45) is 5.92 Å². The molecule has 116 valence electrons. The van der Waals surface area contributed by atoms with Crippen molar-refractivity contribution in [3.05, 3.63) is 35.4 Å². The smallest absolute Gasteiger partial charge is 0.251 e. The Hall–Kier alpha value is -1.84. The summed E-state index contributed by atoms with van der Waals surface area (Å²) in [6, 6.07) is 7.52. The molecule has 2 atom stereocenters. The van der Waals surface area contributed by atoms with Crippen molar-refractivity contribution in [1.29, 1.82) is 0 Å². The van der Waals surface area contributed by atoms with Crippen LogP contribution in [0.4, 0.5) is 0 Å². The van der Waals surface area contributed by atoms with Crippen LogP contribution in [0, 0.1) is 5.92 Å². The van der Waals surface area contributed by atoms with Crippen LogP contribution >= 0.6 is 0 Å². The van der Waals surface area contributed by atoms with Crippen LogP contribution in [0.2, 0.25) is 0 Å². The van der Waals surface area contributed by atoms with Crippen molar-refractivity contribution in [2.45, 2.75) is 53.1 Å². The molecule has 0 radical (unpaired) electrons. The van der Waals surface area contributed by atoms with E-state index in [9.17, 15) is 9.59 Å². The first kappa shape index (κ1) is 17.2. The van der Waals surface area contributed by atoms with Crippen LogP contribution < -0.4 is 10.6 Å². The number of rotatable bonds is 7. The molecule has 1 aromatic carbocycles. The van der Waals surface area contributed by atoms with Crippen LogP contribution in [0.3, 0.4) is 0 Å². The molecule has 2 amide bonds. The number of carbonyl (C=O) groups is 2. The minimum absolute atomic E-state index is 0.0329. The van der Waals surface area contributed by atoms with E-state index < -0.39 is 0 Å². The maximum atomic E-state index is 11.9. The lowest BCUT2D eigenvalue weighted by atomic mass is 10.1. The first-order chi connectivity index (χ1) is 9.97. The molecule has 4 heteroatoms. The van der Waals surface area contributed by atoms with E-state index in [4.69, 9.17) is 0 Å². The van der Waals surface area contributed by atoms with Gasteiger partial charge in [0.05, 0.1) is 0 Å². The summed E-state index contributed by atoms with van der Waals surface area (Å²) in [6.07, 6.45) is 1.74. The van der Waals surface area contributed by atoms with Gasteiger partial charge in [-0.25, -0.2) is 0 Å². The summed E-state index contributed by atoms with van der Waals surface area (Å²) >= 11 is 0. The lowest BCUT2D eigenvalue weighted by Crippen LogP contribution is -2.32. The molecule has 0 aliphatic carbocycles. The number of benzene rings is 1. The Morgan fingerprint density at radius 1 is 1.05 bits per heavy atom. The highest BCUT2D eigenvalue weighted by Gasteiger charge is 2.10. The minimum atomic E-state index is -0.0560. The Bertz CT molecular complexity index is 468. The van der Waals surface area contributed by atoms with E-state index in [1.807, 2.05) is 39.8 Å². The van der Waals surface area contributed by atoms with Crippen LogP contribution in [-0.2, 0) is 11.3 Å². The highest BCUT2D eigenvalue weighted by atomic mass is 16.2. The molecule has 0 aliphatic heterocycles. The molecule has 4 nitrogen and oxygen atoms in total. The summed E-state index contributed by atoms with van der Waals surface area (Å²) in [4.78, 5) is 23.6. The third-order valence-electron chi connectivity index (χ3n) is 3.73. The van der Waals surface area contributed by atoms with Crippen molar-refractivity contribution in [2.75, 3.05) is 0 Å². The van der Waals surface area contributed by atoms with Gasteiger partial charge < -0.3 is 10.6 Å². The van der Waals surface area contributed by atoms with Gasteiger partial charge >= 0.3 is 0 Å². The number of carbonyl (C=O) groups excluding carboxylic acids is 2. The zero-order chi connectivity index (χ0) is 15.8. The van der Waals surface area contributed by atoms with Crippen LogP contribution in [0.25, 0.3) is 0 Å². The van der Waals surface area contributed by atoms with Crippen molar-refractivity contribution in [1.82, 2.24) is 10.6 Å². The molecule has 1 aromatic rings. The molecule has 0 saturated carbocycles. The highest BCUT2D eigenvalue weighted by Crippen LogP contribution is 2.06. The van der Waals surface area contributed by atoms with E-state index in [1.165, 1.54) is 0 Å². The molecule has 0 heterocycles. The van der Waals surface area contributed by atoms with Gasteiger partial charge in [-0.3, -0.25) is 9.59 Å². The molecule has 0 fully saturated rings. The van der Waals surface area contributed by atoms with Gasteiger partial charge in [0.2, 0.25) is 5.91 Å². The lowest BCUT2D eigenvalue weighted by Gasteiger charge is -2.12. The summed E-state index contributed by atoms with van der Waals surface area (Å²) in [6.45, 7) is 8.42. The molecular weight excluding hydrogens is 264 g/mol. The largest absolute Gasteiger partial charge is 0.352 e. The van der Waals surface area contributed by atoms with Gasteiger partial charge in [0.15, 0.2) is 0 Å². The monoisotopic (exact) mass is 290 g/mol. The van der Waals surface area contributed by atoms with Crippen LogP contribution in [0.5, 0.6) is 0 Å². The molecule has 21 heavy (non-hydrogen) atoms. The zero-order valence-corrected chi connectivity index (χ0v) is 13.4. The number of amides is 2. The van der Waals surface area contributed by atoms with Gasteiger partial charge in [-0.15, -0.1) is 0 Å². The van der Waals surface area contributed by atoms with Crippen LogP contribution in [0.1, 0.15) is 56.5 Å². The molecule has 0 aromatic heterocycles. The zero-order valence-electron chi connectivity index (χ0n) is 13.4. The number of hydrogen-bond donors (Lipinski definition) is 2. The molecular formula is C17H26N2O2. The summed E-state index contributed by atoms with van der Waals surface area (Å²) in [5.74, 6) is 0.0428. The van der Waals surface area contributed by atoms with Crippen molar-refractivity contribution in [3.63, 3.8) is 0 Å². The Morgan fingerprint density at radius 2 is 1.67 bits per heavy atom. The molecule has 1 rings (SSSR count).